The van der Waals surface area contributed by atoms with E-state index in [0.717, 1.165) is 23.6 Å². The van der Waals surface area contributed by atoms with Crippen LogP contribution in [0.1, 0.15) is 35.0 Å². The Labute approximate surface area is 124 Å². The zero-order valence-electron chi connectivity index (χ0n) is 12.3. The van der Waals surface area contributed by atoms with Gasteiger partial charge < -0.3 is 10.5 Å². The van der Waals surface area contributed by atoms with Crippen LogP contribution in [0, 0.1) is 5.92 Å². The minimum Gasteiger partial charge on any atom is -0.497 e. The van der Waals surface area contributed by atoms with E-state index in [1.807, 2.05) is 12.1 Å². The molecule has 2 rings (SSSR count). The fraction of sp³-hybridized carbons (Fsp3) is 0.438. The molecule has 0 saturated carbocycles. The highest BCUT2D eigenvalue weighted by atomic mass is 32.1. The normalized spacial score (nSPS) is 11.1. The molecular formula is C16H22N2OS. The van der Waals surface area contributed by atoms with Gasteiger partial charge in [-0.2, -0.15) is 0 Å². The first-order valence-electron chi connectivity index (χ1n) is 6.92. The molecule has 0 bridgehead atoms. The Morgan fingerprint density at radius 2 is 1.95 bits per heavy atom. The van der Waals surface area contributed by atoms with E-state index in [0.29, 0.717) is 12.5 Å². The zero-order valence-corrected chi connectivity index (χ0v) is 13.2. The number of aromatic nitrogens is 1. The number of methoxy groups -OCH3 is 1. The maximum absolute atomic E-state index is 5.82. The van der Waals surface area contributed by atoms with Gasteiger partial charge in [0.2, 0.25) is 0 Å². The van der Waals surface area contributed by atoms with Crippen molar-refractivity contribution in [2.75, 3.05) is 7.11 Å². The maximum atomic E-state index is 5.82. The van der Waals surface area contributed by atoms with E-state index in [1.165, 1.54) is 16.1 Å². The number of rotatable bonds is 6. The SMILES string of the molecule is COc1ccc(Cc2nc(CC(C)C)c(CN)s2)cc1. The third-order valence-electron chi connectivity index (χ3n) is 3.12. The van der Waals surface area contributed by atoms with E-state index in [1.54, 1.807) is 18.4 Å². The Hall–Kier alpha value is -1.39. The Morgan fingerprint density at radius 1 is 1.25 bits per heavy atom. The minimum atomic E-state index is 0.586. The van der Waals surface area contributed by atoms with Crippen LogP contribution in [-0.4, -0.2) is 12.1 Å². The average molecular weight is 290 g/mol. The predicted molar refractivity (Wildman–Crippen MR) is 84.3 cm³/mol. The Morgan fingerprint density at radius 3 is 2.50 bits per heavy atom. The summed E-state index contributed by atoms with van der Waals surface area (Å²) in [5.74, 6) is 1.49. The van der Waals surface area contributed by atoms with E-state index in [-0.39, 0.29) is 0 Å². The highest BCUT2D eigenvalue weighted by Gasteiger charge is 2.11. The summed E-state index contributed by atoms with van der Waals surface area (Å²) in [6.07, 6.45) is 1.87. The van der Waals surface area contributed by atoms with Crippen molar-refractivity contribution in [3.8, 4) is 5.75 Å². The van der Waals surface area contributed by atoms with Gasteiger partial charge in [-0.05, 0) is 30.0 Å². The van der Waals surface area contributed by atoms with Gasteiger partial charge in [0, 0.05) is 17.8 Å². The van der Waals surface area contributed by atoms with Gasteiger partial charge in [0.1, 0.15) is 5.75 Å². The molecule has 0 aliphatic heterocycles. The van der Waals surface area contributed by atoms with Gasteiger partial charge in [-0.1, -0.05) is 26.0 Å². The zero-order chi connectivity index (χ0) is 14.5. The van der Waals surface area contributed by atoms with Gasteiger partial charge in [-0.3, -0.25) is 0 Å². The maximum Gasteiger partial charge on any atom is 0.118 e. The predicted octanol–water partition coefficient (Wildman–Crippen LogP) is 3.40. The third-order valence-corrected chi connectivity index (χ3v) is 4.24. The van der Waals surface area contributed by atoms with E-state index >= 15 is 0 Å². The molecule has 0 spiro atoms. The lowest BCUT2D eigenvalue weighted by Crippen LogP contribution is -2.02. The number of thiazole rings is 1. The molecule has 0 saturated heterocycles. The van der Waals surface area contributed by atoms with Gasteiger partial charge in [0.05, 0.1) is 17.8 Å². The number of hydrogen-bond acceptors (Lipinski definition) is 4. The summed E-state index contributed by atoms with van der Waals surface area (Å²) in [6, 6.07) is 8.15. The van der Waals surface area contributed by atoms with Crippen molar-refractivity contribution < 1.29 is 4.74 Å². The van der Waals surface area contributed by atoms with E-state index in [2.05, 4.69) is 26.0 Å². The average Bonchev–Trinajstić information content (AvgIpc) is 2.80. The van der Waals surface area contributed by atoms with Gasteiger partial charge in [-0.25, -0.2) is 4.98 Å². The summed E-state index contributed by atoms with van der Waals surface area (Å²) in [5.41, 5.74) is 8.25. The molecule has 4 heteroatoms. The molecule has 0 amide bonds. The quantitative estimate of drug-likeness (QED) is 0.887. The lowest BCUT2D eigenvalue weighted by atomic mass is 10.1. The number of nitrogens with zero attached hydrogens (tertiary/aromatic N) is 1. The van der Waals surface area contributed by atoms with Crippen LogP contribution >= 0.6 is 11.3 Å². The number of benzene rings is 1. The minimum absolute atomic E-state index is 0.586. The second-order valence-electron chi connectivity index (χ2n) is 5.30. The molecule has 2 N–H and O–H groups in total. The fourth-order valence-electron chi connectivity index (χ4n) is 2.14. The molecule has 0 atom stereocenters. The van der Waals surface area contributed by atoms with Crippen molar-refractivity contribution >= 4 is 11.3 Å². The molecular weight excluding hydrogens is 268 g/mol. The highest BCUT2D eigenvalue weighted by molar-refractivity contribution is 7.11. The van der Waals surface area contributed by atoms with Crippen LogP contribution in [0.2, 0.25) is 0 Å². The molecule has 0 aliphatic carbocycles. The molecule has 0 fully saturated rings. The first kappa shape index (κ1) is 15.0. The summed E-state index contributed by atoms with van der Waals surface area (Å²) in [4.78, 5) is 5.99. The van der Waals surface area contributed by atoms with Crippen LogP contribution in [0.4, 0.5) is 0 Å². The Bertz CT molecular complexity index is 546. The summed E-state index contributed by atoms with van der Waals surface area (Å²) < 4.78 is 5.17. The van der Waals surface area contributed by atoms with Gasteiger partial charge in [0.15, 0.2) is 0 Å². The van der Waals surface area contributed by atoms with Gasteiger partial charge in [-0.15, -0.1) is 11.3 Å². The molecule has 1 heterocycles. The van der Waals surface area contributed by atoms with Crippen molar-refractivity contribution in [1.29, 1.82) is 0 Å². The van der Waals surface area contributed by atoms with Crippen molar-refractivity contribution in [3.63, 3.8) is 0 Å². The molecule has 2 aromatic rings. The highest BCUT2D eigenvalue weighted by Crippen LogP contribution is 2.23. The first-order chi connectivity index (χ1) is 9.62. The van der Waals surface area contributed by atoms with Crippen LogP contribution in [-0.2, 0) is 19.4 Å². The summed E-state index contributed by atoms with van der Waals surface area (Å²) in [6.45, 7) is 5.01. The molecule has 0 unspecified atom stereocenters. The van der Waals surface area contributed by atoms with Crippen LogP contribution in [0.25, 0.3) is 0 Å². The van der Waals surface area contributed by atoms with Gasteiger partial charge >= 0.3 is 0 Å². The summed E-state index contributed by atoms with van der Waals surface area (Å²) in [5, 5.41) is 1.14. The smallest absolute Gasteiger partial charge is 0.118 e. The van der Waals surface area contributed by atoms with Crippen molar-refractivity contribution in [2.24, 2.45) is 11.7 Å². The summed E-state index contributed by atoms with van der Waals surface area (Å²) in [7, 11) is 1.68. The largest absolute Gasteiger partial charge is 0.497 e. The van der Waals surface area contributed by atoms with Crippen LogP contribution < -0.4 is 10.5 Å². The molecule has 3 nitrogen and oxygen atoms in total. The van der Waals surface area contributed by atoms with Crippen molar-refractivity contribution in [3.05, 3.63) is 45.4 Å². The number of hydrogen-bond donors (Lipinski definition) is 1. The third kappa shape index (κ3) is 3.81. The van der Waals surface area contributed by atoms with E-state index < -0.39 is 0 Å². The van der Waals surface area contributed by atoms with Crippen molar-refractivity contribution in [1.82, 2.24) is 4.98 Å². The number of ether oxygens (including phenoxy) is 1. The Balaban J connectivity index is 2.13. The lowest BCUT2D eigenvalue weighted by Gasteiger charge is -2.02. The topological polar surface area (TPSA) is 48.1 Å². The molecule has 1 aromatic heterocycles. The molecule has 1 aromatic carbocycles. The number of nitrogens with two attached hydrogens (primary N) is 1. The Kier molecular flexibility index (Phi) is 5.15. The molecule has 108 valence electrons. The first-order valence-corrected chi connectivity index (χ1v) is 7.74. The van der Waals surface area contributed by atoms with Crippen LogP contribution in [0.3, 0.4) is 0 Å². The molecule has 0 aliphatic rings. The molecule has 20 heavy (non-hydrogen) atoms. The van der Waals surface area contributed by atoms with Crippen LogP contribution in [0.5, 0.6) is 5.75 Å². The van der Waals surface area contributed by atoms with E-state index in [4.69, 9.17) is 15.5 Å². The molecule has 0 radical (unpaired) electrons. The second-order valence-corrected chi connectivity index (χ2v) is 6.47. The lowest BCUT2D eigenvalue weighted by molar-refractivity contribution is 0.414. The standard InChI is InChI=1S/C16H22N2OS/c1-11(2)8-14-15(10-17)20-16(18-14)9-12-4-6-13(19-3)7-5-12/h4-7,11H,8-10,17H2,1-3H3. The van der Waals surface area contributed by atoms with Crippen LogP contribution in [0.15, 0.2) is 24.3 Å². The van der Waals surface area contributed by atoms with E-state index in [9.17, 15) is 0 Å². The van der Waals surface area contributed by atoms with Crippen molar-refractivity contribution in [2.45, 2.75) is 33.2 Å². The monoisotopic (exact) mass is 290 g/mol. The summed E-state index contributed by atoms with van der Waals surface area (Å²) >= 11 is 1.74. The van der Waals surface area contributed by atoms with Gasteiger partial charge in [0.25, 0.3) is 0 Å². The second kappa shape index (κ2) is 6.86. The fourth-order valence-corrected chi connectivity index (χ4v) is 3.15.